The molecular weight excluding hydrogens is 252 g/mol. The van der Waals surface area contributed by atoms with Gasteiger partial charge in [0.05, 0.1) is 5.60 Å². The summed E-state index contributed by atoms with van der Waals surface area (Å²) in [5.41, 5.74) is -0.868. The van der Waals surface area contributed by atoms with Crippen LogP contribution in [-0.2, 0) is 10.2 Å². The lowest BCUT2D eigenvalue weighted by atomic mass is 9.80. The van der Waals surface area contributed by atoms with Crippen molar-refractivity contribution in [3.63, 3.8) is 0 Å². The fraction of sp³-hybridized carbons (Fsp3) is 1.00. The average Bonchev–Trinajstić information content (AvgIpc) is 2.33. The summed E-state index contributed by atoms with van der Waals surface area (Å²) in [6, 6.07) is 0. The molecule has 0 heterocycles. The second kappa shape index (κ2) is 6.32. The van der Waals surface area contributed by atoms with E-state index in [0.29, 0.717) is 31.8 Å². The fourth-order valence-corrected chi connectivity index (χ4v) is 3.67. The van der Waals surface area contributed by atoms with Crippen molar-refractivity contribution < 1.29 is 13.5 Å². The molecule has 2 N–H and O–H groups in total. The molecule has 6 heteroatoms. The van der Waals surface area contributed by atoms with Gasteiger partial charge in [-0.15, -0.1) is 0 Å². The maximum Gasteiger partial charge on any atom is 0.279 e. The first-order chi connectivity index (χ1) is 8.33. The standard InChI is InChI=1S/C12H26N2O3S/c1-4-14(5-2)18(16,17)13-10-12(15)8-6-11(3)7-9-12/h11,13,15H,4-10H2,1-3H3. The van der Waals surface area contributed by atoms with E-state index in [4.69, 9.17) is 0 Å². The molecule has 0 bridgehead atoms. The third kappa shape index (κ3) is 4.19. The number of hydrogen-bond donors (Lipinski definition) is 2. The maximum atomic E-state index is 11.9. The predicted molar refractivity (Wildman–Crippen MR) is 72.4 cm³/mol. The molecule has 1 rings (SSSR count). The van der Waals surface area contributed by atoms with E-state index in [0.717, 1.165) is 12.8 Å². The molecule has 0 aliphatic heterocycles. The molecule has 5 nitrogen and oxygen atoms in total. The van der Waals surface area contributed by atoms with Crippen LogP contribution in [0.2, 0.25) is 0 Å². The van der Waals surface area contributed by atoms with Gasteiger partial charge in [-0.1, -0.05) is 20.8 Å². The van der Waals surface area contributed by atoms with Crippen LogP contribution in [-0.4, -0.2) is 43.1 Å². The molecule has 1 saturated carbocycles. The van der Waals surface area contributed by atoms with Gasteiger partial charge < -0.3 is 5.11 Å². The smallest absolute Gasteiger partial charge is 0.279 e. The number of nitrogens with one attached hydrogen (secondary N) is 1. The second-order valence-electron chi connectivity index (χ2n) is 5.32. The molecule has 1 aliphatic rings. The van der Waals surface area contributed by atoms with Gasteiger partial charge in [-0.25, -0.2) is 0 Å². The van der Waals surface area contributed by atoms with Gasteiger partial charge in [0.1, 0.15) is 0 Å². The lowest BCUT2D eigenvalue weighted by molar-refractivity contribution is -0.00210. The van der Waals surface area contributed by atoms with Gasteiger partial charge in [0.2, 0.25) is 0 Å². The van der Waals surface area contributed by atoms with E-state index in [1.807, 2.05) is 0 Å². The maximum absolute atomic E-state index is 11.9. The minimum absolute atomic E-state index is 0.124. The van der Waals surface area contributed by atoms with E-state index >= 15 is 0 Å². The van der Waals surface area contributed by atoms with Crippen molar-refractivity contribution in [3.8, 4) is 0 Å². The van der Waals surface area contributed by atoms with Crippen LogP contribution >= 0.6 is 0 Å². The lowest BCUT2D eigenvalue weighted by Crippen LogP contribution is -2.49. The Morgan fingerprint density at radius 3 is 2.22 bits per heavy atom. The van der Waals surface area contributed by atoms with Crippen LogP contribution in [0.4, 0.5) is 0 Å². The van der Waals surface area contributed by atoms with E-state index in [1.165, 1.54) is 4.31 Å². The Kier molecular flexibility index (Phi) is 5.58. The van der Waals surface area contributed by atoms with Crippen LogP contribution in [0.1, 0.15) is 46.5 Å². The summed E-state index contributed by atoms with van der Waals surface area (Å²) in [7, 11) is -3.45. The minimum Gasteiger partial charge on any atom is -0.389 e. The highest BCUT2D eigenvalue weighted by atomic mass is 32.2. The first-order valence-corrected chi connectivity index (χ1v) is 8.24. The normalized spacial score (nSPS) is 29.7. The highest BCUT2D eigenvalue weighted by Gasteiger charge is 2.33. The molecular formula is C12H26N2O3S. The Bertz CT molecular complexity index is 344. The summed E-state index contributed by atoms with van der Waals surface area (Å²) in [5.74, 6) is 0.629. The Morgan fingerprint density at radius 1 is 1.28 bits per heavy atom. The predicted octanol–water partition coefficient (Wildman–Crippen LogP) is 1.10. The molecule has 1 aliphatic carbocycles. The Balaban J connectivity index is 2.54. The van der Waals surface area contributed by atoms with E-state index in [1.54, 1.807) is 13.8 Å². The summed E-state index contributed by atoms with van der Waals surface area (Å²) in [6.45, 7) is 6.79. The van der Waals surface area contributed by atoms with Crippen LogP contribution in [0.3, 0.4) is 0 Å². The van der Waals surface area contributed by atoms with Gasteiger partial charge in [0, 0.05) is 19.6 Å². The van der Waals surface area contributed by atoms with E-state index in [9.17, 15) is 13.5 Å². The molecule has 0 aromatic rings. The Hall–Kier alpha value is -0.170. The minimum atomic E-state index is -3.45. The van der Waals surface area contributed by atoms with Gasteiger partial charge in [-0.3, -0.25) is 0 Å². The average molecular weight is 278 g/mol. The fourth-order valence-electron chi connectivity index (χ4n) is 2.36. The van der Waals surface area contributed by atoms with Crippen LogP contribution in [0.25, 0.3) is 0 Å². The summed E-state index contributed by atoms with van der Waals surface area (Å²) < 4.78 is 27.8. The van der Waals surface area contributed by atoms with E-state index in [-0.39, 0.29) is 6.54 Å². The first-order valence-electron chi connectivity index (χ1n) is 6.80. The number of nitrogens with zero attached hydrogens (tertiary/aromatic N) is 1. The van der Waals surface area contributed by atoms with Crippen molar-refractivity contribution in [1.82, 2.24) is 9.03 Å². The SMILES string of the molecule is CCN(CC)S(=O)(=O)NCC1(O)CCC(C)CC1. The zero-order valence-electron chi connectivity index (χ0n) is 11.6. The van der Waals surface area contributed by atoms with E-state index < -0.39 is 15.8 Å². The third-order valence-electron chi connectivity index (χ3n) is 3.83. The summed E-state index contributed by atoms with van der Waals surface area (Å²) in [5, 5.41) is 10.3. The molecule has 0 amide bonds. The van der Waals surface area contributed by atoms with E-state index in [2.05, 4.69) is 11.6 Å². The lowest BCUT2D eigenvalue weighted by Gasteiger charge is -2.35. The molecule has 0 aromatic carbocycles. The Morgan fingerprint density at radius 2 is 1.78 bits per heavy atom. The zero-order valence-corrected chi connectivity index (χ0v) is 12.5. The van der Waals surface area contributed by atoms with Crippen molar-refractivity contribution in [3.05, 3.63) is 0 Å². The molecule has 0 saturated heterocycles. The van der Waals surface area contributed by atoms with Crippen LogP contribution < -0.4 is 4.72 Å². The number of aliphatic hydroxyl groups is 1. The summed E-state index contributed by atoms with van der Waals surface area (Å²) >= 11 is 0. The summed E-state index contributed by atoms with van der Waals surface area (Å²) in [4.78, 5) is 0. The highest BCUT2D eigenvalue weighted by molar-refractivity contribution is 7.87. The van der Waals surface area contributed by atoms with Gasteiger partial charge >= 0.3 is 0 Å². The van der Waals surface area contributed by atoms with Crippen molar-refractivity contribution in [2.45, 2.75) is 52.1 Å². The van der Waals surface area contributed by atoms with Crippen LogP contribution in [0.5, 0.6) is 0 Å². The van der Waals surface area contributed by atoms with Gasteiger partial charge in [-0.05, 0) is 31.6 Å². The molecule has 108 valence electrons. The molecule has 0 unspecified atom stereocenters. The van der Waals surface area contributed by atoms with Crippen molar-refractivity contribution in [1.29, 1.82) is 0 Å². The molecule has 0 atom stereocenters. The summed E-state index contributed by atoms with van der Waals surface area (Å²) in [6.07, 6.45) is 3.27. The molecule has 0 radical (unpaired) electrons. The molecule has 1 fully saturated rings. The largest absolute Gasteiger partial charge is 0.389 e. The first kappa shape index (κ1) is 15.9. The third-order valence-corrected chi connectivity index (χ3v) is 5.54. The van der Waals surface area contributed by atoms with Gasteiger partial charge in [-0.2, -0.15) is 17.4 Å². The second-order valence-corrected chi connectivity index (χ2v) is 7.07. The van der Waals surface area contributed by atoms with Crippen molar-refractivity contribution in [2.24, 2.45) is 5.92 Å². The zero-order chi connectivity index (χ0) is 13.8. The molecule has 18 heavy (non-hydrogen) atoms. The highest BCUT2D eigenvalue weighted by Crippen LogP contribution is 2.31. The van der Waals surface area contributed by atoms with Crippen LogP contribution in [0.15, 0.2) is 0 Å². The number of hydrogen-bond acceptors (Lipinski definition) is 3. The van der Waals surface area contributed by atoms with Gasteiger partial charge in [0.25, 0.3) is 10.2 Å². The van der Waals surface area contributed by atoms with Crippen molar-refractivity contribution >= 4 is 10.2 Å². The Labute approximate surface area is 111 Å². The monoisotopic (exact) mass is 278 g/mol. The van der Waals surface area contributed by atoms with Gasteiger partial charge in [0.15, 0.2) is 0 Å². The molecule has 0 aromatic heterocycles. The topological polar surface area (TPSA) is 69.6 Å². The molecule has 0 spiro atoms. The van der Waals surface area contributed by atoms with Crippen molar-refractivity contribution in [2.75, 3.05) is 19.6 Å². The number of rotatable bonds is 6. The van der Waals surface area contributed by atoms with Crippen LogP contribution in [0, 0.1) is 5.92 Å². The quantitative estimate of drug-likeness (QED) is 0.764.